The van der Waals surface area contributed by atoms with E-state index in [2.05, 4.69) is 15.4 Å². The second-order valence-electron chi connectivity index (χ2n) is 3.44. The van der Waals surface area contributed by atoms with E-state index in [1.807, 2.05) is 0 Å². The third-order valence-electron chi connectivity index (χ3n) is 2.26. The predicted molar refractivity (Wildman–Crippen MR) is 69.1 cm³/mol. The summed E-state index contributed by atoms with van der Waals surface area (Å²) >= 11 is 1.51. The lowest BCUT2D eigenvalue weighted by molar-refractivity contribution is -0.384. The molecule has 0 fully saturated rings. The molecule has 94 valence electrons. The highest BCUT2D eigenvalue weighted by Gasteiger charge is 2.13. The summed E-state index contributed by atoms with van der Waals surface area (Å²) in [5.74, 6) is 5.92. The number of H-pyrrole nitrogens is 1. The minimum absolute atomic E-state index is 0.0377. The van der Waals surface area contributed by atoms with Crippen LogP contribution in [0.1, 0.15) is 5.56 Å². The summed E-state index contributed by atoms with van der Waals surface area (Å²) in [6, 6.07) is 4.80. The third-order valence-corrected chi connectivity index (χ3v) is 3.24. The number of aromatic nitrogens is 2. The largest absolute Gasteiger partial charge is 0.340 e. The van der Waals surface area contributed by atoms with Gasteiger partial charge in [0.05, 0.1) is 4.92 Å². The average molecular weight is 265 g/mol. The molecule has 4 N–H and O–H groups in total. The van der Waals surface area contributed by atoms with E-state index in [1.54, 1.807) is 24.5 Å². The minimum Gasteiger partial charge on any atom is -0.340 e. The molecule has 18 heavy (non-hydrogen) atoms. The van der Waals surface area contributed by atoms with Gasteiger partial charge >= 0.3 is 0 Å². The molecular formula is C10H11N5O2S. The van der Waals surface area contributed by atoms with Crippen LogP contribution in [-0.2, 0) is 5.75 Å². The topological polar surface area (TPSA) is 110 Å². The Bertz CT molecular complexity index is 543. The van der Waals surface area contributed by atoms with Gasteiger partial charge in [0.2, 0.25) is 0 Å². The van der Waals surface area contributed by atoms with Gasteiger partial charge in [0, 0.05) is 24.2 Å². The second kappa shape index (κ2) is 5.52. The number of benzene rings is 1. The first kappa shape index (κ1) is 12.4. The van der Waals surface area contributed by atoms with Gasteiger partial charge < -0.3 is 10.4 Å². The highest BCUT2D eigenvalue weighted by atomic mass is 32.2. The molecule has 0 saturated carbocycles. The van der Waals surface area contributed by atoms with Crippen LogP contribution in [0.5, 0.6) is 0 Å². The Kier molecular flexibility index (Phi) is 3.80. The fourth-order valence-electron chi connectivity index (χ4n) is 1.43. The Morgan fingerprint density at radius 3 is 3.00 bits per heavy atom. The number of nitrogens with zero attached hydrogens (tertiary/aromatic N) is 2. The molecule has 2 aromatic rings. The minimum atomic E-state index is -0.474. The number of hydrogen-bond donors (Lipinski definition) is 3. The van der Waals surface area contributed by atoms with Gasteiger partial charge in [-0.2, -0.15) is 0 Å². The molecule has 8 heteroatoms. The van der Waals surface area contributed by atoms with Crippen LogP contribution < -0.4 is 11.3 Å². The van der Waals surface area contributed by atoms with Gasteiger partial charge in [-0.15, -0.1) is 0 Å². The molecule has 0 amide bonds. The number of nitro groups is 1. The Labute approximate surface area is 107 Å². The lowest BCUT2D eigenvalue weighted by atomic mass is 10.2. The van der Waals surface area contributed by atoms with Crippen molar-refractivity contribution in [2.45, 2.75) is 10.9 Å². The fraction of sp³-hybridized carbons (Fsp3) is 0.100. The number of rotatable bonds is 5. The molecule has 2 rings (SSSR count). The first-order valence-corrected chi connectivity index (χ1v) is 6.05. The molecule has 0 aliphatic rings. The quantitative estimate of drug-likeness (QED) is 0.329. The summed E-state index contributed by atoms with van der Waals surface area (Å²) in [7, 11) is 0. The highest BCUT2D eigenvalue weighted by Crippen LogP contribution is 2.27. The van der Waals surface area contributed by atoms with Gasteiger partial charge in [0.15, 0.2) is 5.16 Å². The van der Waals surface area contributed by atoms with Gasteiger partial charge in [0.1, 0.15) is 5.69 Å². The number of nitro benzene ring substituents is 1. The lowest BCUT2D eigenvalue weighted by Crippen LogP contribution is -2.09. The summed E-state index contributed by atoms with van der Waals surface area (Å²) < 4.78 is 0. The molecule has 0 bridgehead atoms. The van der Waals surface area contributed by atoms with Crippen LogP contribution in [0.25, 0.3) is 0 Å². The van der Waals surface area contributed by atoms with E-state index in [0.29, 0.717) is 11.4 Å². The summed E-state index contributed by atoms with van der Waals surface area (Å²) in [5.41, 5.74) is 3.53. The van der Waals surface area contributed by atoms with Crippen LogP contribution in [0.4, 0.5) is 11.4 Å². The van der Waals surface area contributed by atoms with Crippen LogP contribution in [0.2, 0.25) is 0 Å². The maximum atomic E-state index is 10.7. The Hall–Kier alpha value is -2.06. The molecule has 0 radical (unpaired) electrons. The van der Waals surface area contributed by atoms with Crippen LogP contribution in [0.15, 0.2) is 35.7 Å². The molecule has 1 heterocycles. The normalized spacial score (nSPS) is 10.3. The van der Waals surface area contributed by atoms with Crippen LogP contribution in [0.3, 0.4) is 0 Å². The van der Waals surface area contributed by atoms with Crippen LogP contribution in [0, 0.1) is 10.1 Å². The van der Waals surface area contributed by atoms with Gasteiger partial charge in [-0.05, 0) is 11.6 Å². The van der Waals surface area contributed by atoms with E-state index in [9.17, 15) is 10.1 Å². The summed E-state index contributed by atoms with van der Waals surface area (Å²) in [4.78, 5) is 17.3. The molecule has 0 saturated heterocycles. The molecule has 0 spiro atoms. The zero-order valence-corrected chi connectivity index (χ0v) is 10.1. The van der Waals surface area contributed by atoms with Gasteiger partial charge in [-0.3, -0.25) is 16.0 Å². The van der Waals surface area contributed by atoms with Crippen molar-refractivity contribution in [2.75, 3.05) is 5.43 Å². The number of aromatic amines is 1. The van der Waals surface area contributed by atoms with Crippen molar-refractivity contribution >= 4 is 23.1 Å². The number of anilines is 1. The Balaban J connectivity index is 2.12. The van der Waals surface area contributed by atoms with Gasteiger partial charge in [0.25, 0.3) is 5.69 Å². The van der Waals surface area contributed by atoms with E-state index >= 15 is 0 Å². The van der Waals surface area contributed by atoms with Crippen molar-refractivity contribution in [3.05, 3.63) is 46.3 Å². The zero-order valence-electron chi connectivity index (χ0n) is 9.29. The highest BCUT2D eigenvalue weighted by molar-refractivity contribution is 7.98. The fourth-order valence-corrected chi connectivity index (χ4v) is 2.20. The number of hydrogen-bond acceptors (Lipinski definition) is 6. The average Bonchev–Trinajstić information content (AvgIpc) is 2.88. The van der Waals surface area contributed by atoms with Crippen LogP contribution in [-0.4, -0.2) is 14.9 Å². The van der Waals surface area contributed by atoms with E-state index < -0.39 is 4.92 Å². The van der Waals surface area contributed by atoms with E-state index in [4.69, 9.17) is 5.84 Å². The number of hydrazine groups is 1. The molecule has 0 atom stereocenters. The monoisotopic (exact) mass is 265 g/mol. The molecule has 1 aromatic heterocycles. The summed E-state index contributed by atoms with van der Waals surface area (Å²) in [6.45, 7) is 0. The van der Waals surface area contributed by atoms with E-state index in [0.717, 1.165) is 10.7 Å². The number of nitrogen functional groups attached to an aromatic ring is 1. The first-order valence-electron chi connectivity index (χ1n) is 5.07. The third kappa shape index (κ3) is 2.79. The van der Waals surface area contributed by atoms with Crippen molar-refractivity contribution in [1.82, 2.24) is 9.97 Å². The standard InChI is InChI=1S/C10H11N5O2S/c11-14-8-5-7(1-2-9(8)15(16)17)6-18-10-12-3-4-13-10/h1-5,14H,6,11H2,(H,12,13). The molecule has 1 aromatic carbocycles. The van der Waals surface area contributed by atoms with Crippen molar-refractivity contribution in [2.24, 2.45) is 5.84 Å². The maximum absolute atomic E-state index is 10.7. The van der Waals surface area contributed by atoms with E-state index in [-0.39, 0.29) is 5.69 Å². The van der Waals surface area contributed by atoms with Crippen molar-refractivity contribution in [3.63, 3.8) is 0 Å². The zero-order chi connectivity index (χ0) is 13.0. The first-order chi connectivity index (χ1) is 8.70. The van der Waals surface area contributed by atoms with E-state index in [1.165, 1.54) is 17.8 Å². The van der Waals surface area contributed by atoms with Crippen molar-refractivity contribution in [3.8, 4) is 0 Å². The SMILES string of the molecule is NNc1cc(CSc2ncc[nH]2)ccc1[N+](=O)[O-]. The number of thioether (sulfide) groups is 1. The van der Waals surface area contributed by atoms with Crippen LogP contribution >= 0.6 is 11.8 Å². The predicted octanol–water partition coefficient (Wildman–Crippen LogP) is 1.90. The van der Waals surface area contributed by atoms with Gasteiger partial charge in [-0.1, -0.05) is 17.8 Å². The van der Waals surface area contributed by atoms with Crippen molar-refractivity contribution in [1.29, 1.82) is 0 Å². The number of nitrogens with two attached hydrogens (primary N) is 1. The molecule has 7 nitrogen and oxygen atoms in total. The summed E-state index contributed by atoms with van der Waals surface area (Å²) in [6.07, 6.45) is 3.41. The Morgan fingerprint density at radius 1 is 1.56 bits per heavy atom. The number of nitrogens with one attached hydrogen (secondary N) is 2. The second-order valence-corrected chi connectivity index (χ2v) is 4.40. The molecule has 0 aliphatic heterocycles. The van der Waals surface area contributed by atoms with Gasteiger partial charge in [-0.25, -0.2) is 4.98 Å². The molecule has 0 aliphatic carbocycles. The lowest BCUT2D eigenvalue weighted by Gasteiger charge is -2.05. The maximum Gasteiger partial charge on any atom is 0.293 e. The number of imidazole rings is 1. The summed E-state index contributed by atoms with van der Waals surface area (Å²) in [5, 5.41) is 11.5. The molecule has 0 unspecified atom stereocenters. The van der Waals surface area contributed by atoms with Crippen molar-refractivity contribution < 1.29 is 4.92 Å². The molecular weight excluding hydrogens is 254 g/mol. The smallest absolute Gasteiger partial charge is 0.293 e. The Morgan fingerprint density at radius 2 is 2.39 bits per heavy atom.